The van der Waals surface area contributed by atoms with Gasteiger partial charge in [-0.05, 0) is 43.4 Å². The van der Waals surface area contributed by atoms with Gasteiger partial charge < -0.3 is 9.47 Å². The van der Waals surface area contributed by atoms with Gasteiger partial charge in [0.05, 0.1) is 11.8 Å². The molecule has 0 aromatic carbocycles. The third kappa shape index (κ3) is 3.02. The van der Waals surface area contributed by atoms with E-state index < -0.39 is 0 Å². The van der Waals surface area contributed by atoms with E-state index in [1.165, 1.54) is 23.3 Å². The van der Waals surface area contributed by atoms with Crippen LogP contribution in [0.2, 0.25) is 0 Å². The zero-order valence-corrected chi connectivity index (χ0v) is 15.4. The van der Waals surface area contributed by atoms with E-state index in [2.05, 4.69) is 9.67 Å². The molecule has 6 heteroatoms. The van der Waals surface area contributed by atoms with Crippen LogP contribution in [0.5, 0.6) is 0 Å². The van der Waals surface area contributed by atoms with Crippen molar-refractivity contribution < 1.29 is 4.79 Å². The fourth-order valence-corrected chi connectivity index (χ4v) is 4.86. The lowest BCUT2D eigenvalue weighted by molar-refractivity contribution is 0.0784. The third-order valence-corrected chi connectivity index (χ3v) is 6.04. The van der Waals surface area contributed by atoms with Crippen LogP contribution >= 0.6 is 11.3 Å². The van der Waals surface area contributed by atoms with Gasteiger partial charge in [-0.3, -0.25) is 9.48 Å². The molecule has 0 radical (unpaired) electrons. The molecule has 130 valence electrons. The first kappa shape index (κ1) is 16.1. The minimum absolute atomic E-state index is 0.104. The van der Waals surface area contributed by atoms with Crippen molar-refractivity contribution in [1.82, 2.24) is 19.2 Å². The Kier molecular flexibility index (Phi) is 4.21. The summed E-state index contributed by atoms with van der Waals surface area (Å²) in [7, 11) is 3.77. The number of thiophene rings is 1. The molecular weight excluding hydrogens is 332 g/mol. The van der Waals surface area contributed by atoms with Crippen LogP contribution < -0.4 is 0 Å². The minimum Gasteiger partial charge on any atom is -0.337 e. The van der Waals surface area contributed by atoms with Crippen molar-refractivity contribution in [1.29, 1.82) is 0 Å². The predicted molar refractivity (Wildman–Crippen MR) is 99.3 cm³/mol. The van der Waals surface area contributed by atoms with Crippen LogP contribution in [0.1, 0.15) is 39.2 Å². The molecule has 0 atom stereocenters. The Labute approximate surface area is 151 Å². The second kappa shape index (κ2) is 6.52. The van der Waals surface area contributed by atoms with Crippen molar-refractivity contribution in [2.24, 2.45) is 7.05 Å². The molecule has 1 aliphatic carbocycles. The summed E-state index contributed by atoms with van der Waals surface area (Å²) in [4.78, 5) is 16.5. The van der Waals surface area contributed by atoms with Crippen LogP contribution in [-0.4, -0.2) is 32.2 Å². The van der Waals surface area contributed by atoms with Gasteiger partial charge in [-0.1, -0.05) is 0 Å². The van der Waals surface area contributed by atoms with Crippen molar-refractivity contribution in [3.8, 4) is 5.00 Å². The largest absolute Gasteiger partial charge is 0.337 e. The van der Waals surface area contributed by atoms with Crippen molar-refractivity contribution >= 4 is 17.2 Å². The van der Waals surface area contributed by atoms with Gasteiger partial charge in [-0.2, -0.15) is 5.10 Å². The van der Waals surface area contributed by atoms with E-state index in [0.29, 0.717) is 6.54 Å². The SMILES string of the molecule is CN(Cc1cnn(C)c1)C(=O)c1c(-n2cccc2)sc2c1CCCC2. The second-order valence-corrected chi connectivity index (χ2v) is 7.75. The van der Waals surface area contributed by atoms with Crippen LogP contribution in [0, 0.1) is 0 Å². The molecule has 3 heterocycles. The smallest absolute Gasteiger partial charge is 0.257 e. The summed E-state index contributed by atoms with van der Waals surface area (Å²) in [5.74, 6) is 0.104. The van der Waals surface area contributed by atoms with E-state index in [0.717, 1.165) is 29.0 Å². The normalized spacial score (nSPS) is 13.7. The van der Waals surface area contributed by atoms with E-state index >= 15 is 0 Å². The highest BCUT2D eigenvalue weighted by Crippen LogP contribution is 2.37. The topological polar surface area (TPSA) is 43.1 Å². The average molecular weight is 354 g/mol. The van der Waals surface area contributed by atoms with Crippen molar-refractivity contribution in [3.05, 3.63) is 58.5 Å². The number of aromatic nitrogens is 3. The Bertz CT molecular complexity index is 891. The molecule has 0 saturated heterocycles. The molecular formula is C19H22N4OS. The number of hydrogen-bond donors (Lipinski definition) is 0. The molecule has 4 rings (SSSR count). The van der Waals surface area contributed by atoms with Crippen LogP contribution in [0.3, 0.4) is 0 Å². The molecule has 1 amide bonds. The third-order valence-electron chi connectivity index (χ3n) is 4.73. The first-order chi connectivity index (χ1) is 12.1. The average Bonchev–Trinajstić information content (AvgIpc) is 3.33. The fraction of sp³-hybridized carbons (Fsp3) is 0.368. The van der Waals surface area contributed by atoms with Crippen LogP contribution in [0.15, 0.2) is 36.9 Å². The van der Waals surface area contributed by atoms with E-state index in [-0.39, 0.29) is 5.91 Å². The number of hydrogen-bond acceptors (Lipinski definition) is 3. The molecule has 25 heavy (non-hydrogen) atoms. The Morgan fingerprint density at radius 1 is 1.28 bits per heavy atom. The van der Waals surface area contributed by atoms with Crippen LogP contribution in [-0.2, 0) is 26.4 Å². The Morgan fingerprint density at radius 3 is 2.76 bits per heavy atom. The number of rotatable bonds is 4. The van der Waals surface area contributed by atoms with E-state index in [9.17, 15) is 4.79 Å². The second-order valence-electron chi connectivity index (χ2n) is 6.66. The zero-order chi connectivity index (χ0) is 17.4. The van der Waals surface area contributed by atoms with Gasteiger partial charge >= 0.3 is 0 Å². The molecule has 3 aromatic rings. The van der Waals surface area contributed by atoms with Gasteiger partial charge in [0, 0.05) is 49.7 Å². The summed E-state index contributed by atoms with van der Waals surface area (Å²) in [6.45, 7) is 0.572. The molecule has 0 fully saturated rings. The zero-order valence-electron chi connectivity index (χ0n) is 14.6. The molecule has 5 nitrogen and oxygen atoms in total. The summed E-state index contributed by atoms with van der Waals surface area (Å²) in [6.07, 6.45) is 12.3. The van der Waals surface area contributed by atoms with E-state index in [1.54, 1.807) is 20.9 Å². The summed E-state index contributed by atoms with van der Waals surface area (Å²) >= 11 is 1.77. The van der Waals surface area contributed by atoms with Gasteiger partial charge in [0.25, 0.3) is 5.91 Å². The lowest BCUT2D eigenvalue weighted by Gasteiger charge is -2.19. The van der Waals surface area contributed by atoms with Gasteiger partial charge in [0.1, 0.15) is 5.00 Å². The van der Waals surface area contributed by atoms with Gasteiger partial charge in [0.15, 0.2) is 0 Å². The first-order valence-electron chi connectivity index (χ1n) is 8.64. The lowest BCUT2D eigenvalue weighted by atomic mass is 9.95. The summed E-state index contributed by atoms with van der Waals surface area (Å²) in [5.41, 5.74) is 3.20. The van der Waals surface area contributed by atoms with Crippen LogP contribution in [0.4, 0.5) is 0 Å². The molecule has 0 spiro atoms. The number of aryl methyl sites for hydroxylation is 2. The molecule has 0 saturated carbocycles. The molecule has 0 N–H and O–H groups in total. The number of fused-ring (bicyclic) bond motifs is 1. The molecule has 0 unspecified atom stereocenters. The van der Waals surface area contributed by atoms with Gasteiger partial charge in [0.2, 0.25) is 0 Å². The minimum atomic E-state index is 0.104. The number of carbonyl (C=O) groups excluding carboxylic acids is 1. The number of carbonyl (C=O) groups is 1. The maximum Gasteiger partial charge on any atom is 0.257 e. The van der Waals surface area contributed by atoms with Gasteiger partial charge in [-0.15, -0.1) is 11.3 Å². The predicted octanol–water partition coefficient (Wildman–Crippen LogP) is 3.42. The van der Waals surface area contributed by atoms with Gasteiger partial charge in [-0.25, -0.2) is 0 Å². The summed E-state index contributed by atoms with van der Waals surface area (Å²) in [5, 5.41) is 5.25. The molecule has 0 bridgehead atoms. The van der Waals surface area contributed by atoms with Crippen molar-refractivity contribution in [2.45, 2.75) is 32.2 Å². The summed E-state index contributed by atoms with van der Waals surface area (Å²) < 4.78 is 3.85. The Hall–Kier alpha value is -2.34. The summed E-state index contributed by atoms with van der Waals surface area (Å²) in [6, 6.07) is 4.01. The Balaban J connectivity index is 1.70. The fourth-order valence-electron chi connectivity index (χ4n) is 3.51. The lowest BCUT2D eigenvalue weighted by Crippen LogP contribution is -2.27. The first-order valence-corrected chi connectivity index (χ1v) is 9.46. The quantitative estimate of drug-likeness (QED) is 0.720. The van der Waals surface area contributed by atoms with E-state index in [1.807, 2.05) is 51.0 Å². The maximum absolute atomic E-state index is 13.3. The number of amides is 1. The Morgan fingerprint density at radius 2 is 2.04 bits per heavy atom. The standard InChI is InChI=1S/C19H22N4OS/c1-21(12-14-11-20-22(2)13-14)18(24)17-15-7-3-4-8-16(15)25-19(17)23-9-5-6-10-23/h5-6,9-11,13H,3-4,7-8,12H2,1-2H3. The molecule has 3 aromatic heterocycles. The number of nitrogens with zero attached hydrogens (tertiary/aromatic N) is 4. The maximum atomic E-state index is 13.3. The molecule has 0 aliphatic heterocycles. The highest BCUT2D eigenvalue weighted by Gasteiger charge is 2.28. The highest BCUT2D eigenvalue weighted by atomic mass is 32.1. The highest BCUT2D eigenvalue weighted by molar-refractivity contribution is 7.15. The van der Waals surface area contributed by atoms with Crippen molar-refractivity contribution in [2.75, 3.05) is 7.05 Å². The molecule has 1 aliphatic rings. The monoisotopic (exact) mass is 354 g/mol. The van der Waals surface area contributed by atoms with Crippen LogP contribution in [0.25, 0.3) is 5.00 Å². The van der Waals surface area contributed by atoms with E-state index in [4.69, 9.17) is 0 Å². The van der Waals surface area contributed by atoms with Crippen molar-refractivity contribution in [3.63, 3.8) is 0 Å².